The maximum Gasteiger partial charge on any atom is 0.173 e. The zero-order valence-corrected chi connectivity index (χ0v) is 11.9. The second kappa shape index (κ2) is 6.22. The molecule has 0 amide bonds. The lowest BCUT2D eigenvalue weighted by Gasteiger charge is -2.04. The van der Waals surface area contributed by atoms with Gasteiger partial charge in [0.1, 0.15) is 5.82 Å². The first-order valence-electron chi connectivity index (χ1n) is 5.74. The molecule has 0 aliphatic heterocycles. The number of carbonyl (C=O) groups excluding carboxylic acids is 1. The lowest BCUT2D eigenvalue weighted by molar-refractivity contribution is 0.102. The first-order valence-corrected chi connectivity index (χ1v) is 7.10. The highest BCUT2D eigenvalue weighted by atomic mass is 35.5. The van der Waals surface area contributed by atoms with E-state index in [-0.39, 0.29) is 17.4 Å². The van der Waals surface area contributed by atoms with Gasteiger partial charge in [-0.3, -0.25) is 4.79 Å². The maximum atomic E-state index is 13.0. The van der Waals surface area contributed by atoms with Crippen LogP contribution in [0.5, 0.6) is 0 Å². The lowest BCUT2D eigenvalue weighted by atomic mass is 10.1. The minimum atomic E-state index is -0.296. The van der Waals surface area contributed by atoms with Gasteiger partial charge >= 0.3 is 0 Å². The minimum absolute atomic E-state index is 0.0174. The molecule has 0 N–H and O–H groups in total. The van der Waals surface area contributed by atoms with E-state index in [1.807, 2.05) is 13.0 Å². The van der Waals surface area contributed by atoms with E-state index >= 15 is 0 Å². The molecule has 98 valence electrons. The molecule has 1 nitrogen and oxygen atoms in total. The molecule has 0 heterocycles. The van der Waals surface area contributed by atoms with Crippen LogP contribution in [0.1, 0.15) is 15.9 Å². The molecule has 0 fully saturated rings. The molecular weight excluding hydrogens is 283 g/mol. The molecule has 0 spiro atoms. The van der Waals surface area contributed by atoms with E-state index in [1.54, 1.807) is 24.3 Å². The van der Waals surface area contributed by atoms with Crippen molar-refractivity contribution in [2.75, 3.05) is 5.75 Å². The van der Waals surface area contributed by atoms with E-state index in [2.05, 4.69) is 0 Å². The Kier molecular flexibility index (Phi) is 4.61. The summed E-state index contributed by atoms with van der Waals surface area (Å²) in [6.45, 7) is 1.89. The zero-order valence-electron chi connectivity index (χ0n) is 10.3. The molecule has 0 aliphatic rings. The van der Waals surface area contributed by atoms with Crippen LogP contribution in [0.3, 0.4) is 0 Å². The Balaban J connectivity index is 2.03. The zero-order chi connectivity index (χ0) is 13.8. The van der Waals surface area contributed by atoms with Crippen LogP contribution in [0.2, 0.25) is 5.02 Å². The largest absolute Gasteiger partial charge is 0.293 e. The van der Waals surface area contributed by atoms with Crippen molar-refractivity contribution in [1.29, 1.82) is 0 Å². The minimum Gasteiger partial charge on any atom is -0.293 e. The molecule has 0 saturated carbocycles. The second-order valence-electron chi connectivity index (χ2n) is 4.13. The summed E-state index contributed by atoms with van der Waals surface area (Å²) in [5.74, 6) is -0.0463. The van der Waals surface area contributed by atoms with Crippen molar-refractivity contribution in [3.05, 3.63) is 64.4 Å². The van der Waals surface area contributed by atoms with Crippen LogP contribution >= 0.6 is 23.4 Å². The van der Waals surface area contributed by atoms with Gasteiger partial charge in [0, 0.05) is 15.5 Å². The Bertz CT molecular complexity index is 613. The lowest BCUT2D eigenvalue weighted by Crippen LogP contribution is -2.02. The van der Waals surface area contributed by atoms with Gasteiger partial charge in [0.05, 0.1) is 5.75 Å². The van der Waals surface area contributed by atoms with Crippen molar-refractivity contribution in [3.8, 4) is 0 Å². The van der Waals surface area contributed by atoms with Gasteiger partial charge in [-0.2, -0.15) is 0 Å². The van der Waals surface area contributed by atoms with E-state index in [9.17, 15) is 9.18 Å². The van der Waals surface area contributed by atoms with Crippen molar-refractivity contribution in [1.82, 2.24) is 0 Å². The van der Waals surface area contributed by atoms with E-state index in [0.29, 0.717) is 10.6 Å². The van der Waals surface area contributed by atoms with Gasteiger partial charge in [-0.15, -0.1) is 11.8 Å². The van der Waals surface area contributed by atoms with Gasteiger partial charge in [0.15, 0.2) is 5.78 Å². The van der Waals surface area contributed by atoms with E-state index in [1.165, 1.54) is 23.9 Å². The van der Waals surface area contributed by atoms with Crippen LogP contribution in [0.4, 0.5) is 4.39 Å². The third-order valence-electron chi connectivity index (χ3n) is 2.66. The van der Waals surface area contributed by atoms with Crippen LogP contribution in [-0.2, 0) is 0 Å². The van der Waals surface area contributed by atoms with Gasteiger partial charge in [-0.1, -0.05) is 29.8 Å². The molecule has 2 aromatic rings. The van der Waals surface area contributed by atoms with Gasteiger partial charge in [0.25, 0.3) is 0 Å². The van der Waals surface area contributed by atoms with Gasteiger partial charge in [-0.05, 0) is 36.8 Å². The van der Waals surface area contributed by atoms with Crippen molar-refractivity contribution in [2.45, 2.75) is 11.8 Å². The molecule has 0 aliphatic carbocycles. The van der Waals surface area contributed by atoms with Crippen LogP contribution in [0.15, 0.2) is 47.4 Å². The van der Waals surface area contributed by atoms with Crippen LogP contribution < -0.4 is 0 Å². The fraction of sp³-hybridized carbons (Fsp3) is 0.133. The number of aryl methyl sites for hydroxylation is 1. The number of benzene rings is 2. The molecule has 4 heteroatoms. The van der Waals surface area contributed by atoms with E-state index < -0.39 is 0 Å². The first kappa shape index (κ1) is 14.1. The highest BCUT2D eigenvalue weighted by Gasteiger charge is 2.08. The molecule has 0 saturated heterocycles. The van der Waals surface area contributed by atoms with E-state index in [0.717, 1.165) is 10.5 Å². The topological polar surface area (TPSA) is 17.1 Å². The monoisotopic (exact) mass is 294 g/mol. The number of rotatable bonds is 4. The van der Waals surface area contributed by atoms with Crippen LogP contribution in [0, 0.1) is 12.7 Å². The van der Waals surface area contributed by atoms with E-state index in [4.69, 9.17) is 11.6 Å². The molecule has 2 aromatic carbocycles. The summed E-state index contributed by atoms with van der Waals surface area (Å²) in [5, 5.41) is 0.585. The highest BCUT2D eigenvalue weighted by Crippen LogP contribution is 2.22. The van der Waals surface area contributed by atoms with Crippen LogP contribution in [0.25, 0.3) is 0 Å². The molecule has 0 aromatic heterocycles. The van der Waals surface area contributed by atoms with Gasteiger partial charge < -0.3 is 0 Å². The van der Waals surface area contributed by atoms with Crippen molar-refractivity contribution in [3.63, 3.8) is 0 Å². The average molecular weight is 295 g/mol. The standard InChI is InChI=1S/C15H12ClFOS/c1-10-5-6-11(7-14(10)16)15(18)9-19-13-4-2-3-12(17)8-13/h2-8H,9H2,1H3. The maximum absolute atomic E-state index is 13.0. The third-order valence-corrected chi connectivity index (χ3v) is 4.06. The number of Topliss-reactive ketones (excluding diaryl/α,β-unsaturated/α-hetero) is 1. The molecule has 0 atom stereocenters. The predicted molar refractivity (Wildman–Crippen MR) is 77.6 cm³/mol. The summed E-state index contributed by atoms with van der Waals surface area (Å²) < 4.78 is 13.0. The molecular formula is C15H12ClFOS. The average Bonchev–Trinajstić information content (AvgIpc) is 2.39. The fourth-order valence-electron chi connectivity index (χ4n) is 1.56. The summed E-state index contributed by atoms with van der Waals surface area (Å²) >= 11 is 7.30. The molecule has 2 rings (SSSR count). The number of hydrogen-bond donors (Lipinski definition) is 0. The summed E-state index contributed by atoms with van der Waals surface area (Å²) in [5.41, 5.74) is 1.52. The fourth-order valence-corrected chi connectivity index (χ4v) is 2.57. The Morgan fingerprint density at radius 3 is 2.74 bits per heavy atom. The molecule has 0 radical (unpaired) electrons. The highest BCUT2D eigenvalue weighted by molar-refractivity contribution is 8.00. The van der Waals surface area contributed by atoms with Crippen molar-refractivity contribution < 1.29 is 9.18 Å². The quantitative estimate of drug-likeness (QED) is 0.597. The summed E-state index contributed by atoms with van der Waals surface area (Å²) in [6, 6.07) is 11.5. The Morgan fingerprint density at radius 1 is 1.26 bits per heavy atom. The Morgan fingerprint density at radius 2 is 2.05 bits per heavy atom. The predicted octanol–water partition coefficient (Wildman–Crippen LogP) is 4.76. The summed E-state index contributed by atoms with van der Waals surface area (Å²) in [7, 11) is 0. The summed E-state index contributed by atoms with van der Waals surface area (Å²) in [4.78, 5) is 12.7. The van der Waals surface area contributed by atoms with Gasteiger partial charge in [0.2, 0.25) is 0 Å². The molecule has 19 heavy (non-hydrogen) atoms. The molecule has 0 bridgehead atoms. The Hall–Kier alpha value is -1.32. The van der Waals surface area contributed by atoms with Crippen molar-refractivity contribution in [2.24, 2.45) is 0 Å². The van der Waals surface area contributed by atoms with Crippen molar-refractivity contribution >= 4 is 29.1 Å². The second-order valence-corrected chi connectivity index (χ2v) is 5.59. The Labute approximate surface area is 120 Å². The van der Waals surface area contributed by atoms with Gasteiger partial charge in [-0.25, -0.2) is 4.39 Å². The number of halogens is 2. The normalized spacial score (nSPS) is 10.5. The number of hydrogen-bond acceptors (Lipinski definition) is 2. The molecule has 0 unspecified atom stereocenters. The first-order chi connectivity index (χ1) is 9.06. The number of thioether (sulfide) groups is 1. The third kappa shape index (κ3) is 3.82. The summed E-state index contributed by atoms with van der Waals surface area (Å²) in [6.07, 6.45) is 0. The number of ketones is 1. The smallest absolute Gasteiger partial charge is 0.173 e. The number of carbonyl (C=O) groups is 1. The SMILES string of the molecule is Cc1ccc(C(=O)CSc2cccc(F)c2)cc1Cl. The van der Waals surface area contributed by atoms with Crippen LogP contribution in [-0.4, -0.2) is 11.5 Å².